The molecule has 0 spiro atoms. The average molecular weight is 420 g/mol. The van der Waals surface area contributed by atoms with Gasteiger partial charge >= 0.3 is 12.0 Å². The number of esters is 1. The number of urea groups is 1. The molecule has 136 valence electrons. The van der Waals surface area contributed by atoms with Crippen LogP contribution in [0.3, 0.4) is 0 Å². The number of hydrogen-bond acceptors (Lipinski definition) is 5. The van der Waals surface area contributed by atoms with Gasteiger partial charge in [0.2, 0.25) is 0 Å². The zero-order chi connectivity index (χ0) is 18.9. The maximum atomic E-state index is 12.3. The second-order valence-electron chi connectivity index (χ2n) is 5.18. The monoisotopic (exact) mass is 419 g/mol. The summed E-state index contributed by atoms with van der Waals surface area (Å²) in [6, 6.07) is 10.9. The van der Waals surface area contributed by atoms with E-state index in [-0.39, 0.29) is 0 Å². The number of benzene rings is 2. The molecule has 2 aromatic carbocycles. The van der Waals surface area contributed by atoms with Crippen LogP contribution in [0.25, 0.3) is 0 Å². The Hall–Kier alpha value is -2.87. The Bertz CT molecular complexity index is 807. The summed E-state index contributed by atoms with van der Waals surface area (Å²) in [5.41, 5.74) is 7.92. The van der Waals surface area contributed by atoms with Crippen molar-refractivity contribution in [2.75, 3.05) is 6.61 Å². The smallest absolute Gasteiger partial charge is 0.343 e. The fraction of sp³-hybridized carbons (Fsp3) is 0.167. The molecule has 2 aromatic rings. The first-order chi connectivity index (χ1) is 12.5. The quantitative estimate of drug-likeness (QED) is 0.310. The number of amides is 2. The summed E-state index contributed by atoms with van der Waals surface area (Å²) < 4.78 is 11.7. The Labute approximate surface area is 159 Å². The number of nitrogens with zero attached hydrogens (tertiary/aromatic N) is 1. The molecule has 0 fully saturated rings. The summed E-state index contributed by atoms with van der Waals surface area (Å²) >= 11 is 3.33. The van der Waals surface area contributed by atoms with Gasteiger partial charge in [-0.1, -0.05) is 22.9 Å². The van der Waals surface area contributed by atoms with Crippen LogP contribution in [0, 0.1) is 0 Å². The molecule has 0 saturated heterocycles. The highest BCUT2D eigenvalue weighted by Gasteiger charge is 2.12. The van der Waals surface area contributed by atoms with Gasteiger partial charge < -0.3 is 15.2 Å². The van der Waals surface area contributed by atoms with Crippen LogP contribution in [-0.2, 0) is 0 Å². The molecule has 0 aliphatic carbocycles. The Morgan fingerprint density at radius 3 is 2.62 bits per heavy atom. The number of hydrogen-bond donors (Lipinski definition) is 2. The van der Waals surface area contributed by atoms with Gasteiger partial charge in [-0.2, -0.15) is 5.10 Å². The minimum absolute atomic E-state index is 0.291. The molecule has 2 amide bonds. The van der Waals surface area contributed by atoms with Crippen LogP contribution in [0.1, 0.15) is 29.3 Å². The molecule has 7 nitrogen and oxygen atoms in total. The van der Waals surface area contributed by atoms with Crippen LogP contribution in [0.15, 0.2) is 52.0 Å². The molecule has 2 rings (SSSR count). The van der Waals surface area contributed by atoms with Crippen LogP contribution in [0.4, 0.5) is 4.79 Å². The summed E-state index contributed by atoms with van der Waals surface area (Å²) in [6.07, 6.45) is 2.24. The number of nitrogens with one attached hydrogen (secondary N) is 1. The number of nitrogens with two attached hydrogens (primary N) is 1. The number of carbonyl (C=O) groups excluding carboxylic acids is 2. The molecule has 0 aromatic heterocycles. The summed E-state index contributed by atoms with van der Waals surface area (Å²) in [4.78, 5) is 23.0. The van der Waals surface area contributed by atoms with Gasteiger partial charge in [-0.25, -0.2) is 15.0 Å². The lowest BCUT2D eigenvalue weighted by atomic mass is 10.2. The maximum Gasteiger partial charge on any atom is 0.343 e. The second kappa shape index (κ2) is 9.57. The van der Waals surface area contributed by atoms with E-state index in [0.717, 1.165) is 10.9 Å². The zero-order valence-corrected chi connectivity index (χ0v) is 15.7. The largest absolute Gasteiger partial charge is 0.494 e. The second-order valence-corrected chi connectivity index (χ2v) is 6.09. The van der Waals surface area contributed by atoms with Gasteiger partial charge in [-0.05, 0) is 48.9 Å². The standard InChI is InChI=1S/C18H18BrN3O4/c1-2-9-25-15-6-3-12(4-7-15)17(23)26-16-8-5-14(19)10-13(16)11-21-22-18(20)24/h3-8,10-11H,2,9H2,1H3,(H3,20,22,24). The molecule has 0 unspecified atom stereocenters. The molecule has 0 radical (unpaired) electrons. The molecule has 0 aliphatic heterocycles. The van der Waals surface area contributed by atoms with Crippen LogP contribution in [0.5, 0.6) is 11.5 Å². The Morgan fingerprint density at radius 1 is 1.23 bits per heavy atom. The number of carbonyl (C=O) groups is 2. The van der Waals surface area contributed by atoms with Gasteiger partial charge in [0.1, 0.15) is 11.5 Å². The van der Waals surface area contributed by atoms with E-state index in [4.69, 9.17) is 15.2 Å². The van der Waals surface area contributed by atoms with E-state index >= 15 is 0 Å². The van der Waals surface area contributed by atoms with Crippen molar-refractivity contribution in [1.29, 1.82) is 0 Å². The lowest BCUT2D eigenvalue weighted by Crippen LogP contribution is -2.24. The fourth-order valence-corrected chi connectivity index (χ4v) is 2.32. The van der Waals surface area contributed by atoms with Crippen LogP contribution < -0.4 is 20.6 Å². The Kier molecular flexibility index (Phi) is 7.16. The SMILES string of the molecule is CCCOc1ccc(C(=O)Oc2ccc(Br)cc2C=NNC(N)=O)cc1. The zero-order valence-electron chi connectivity index (χ0n) is 14.1. The molecule has 3 N–H and O–H groups in total. The topological polar surface area (TPSA) is 103 Å². The van der Waals surface area contributed by atoms with Gasteiger partial charge in [-0.15, -0.1) is 0 Å². The minimum Gasteiger partial charge on any atom is -0.494 e. The molecular formula is C18H18BrN3O4. The Balaban J connectivity index is 2.12. The van der Waals surface area contributed by atoms with Crippen molar-refractivity contribution in [2.45, 2.75) is 13.3 Å². The summed E-state index contributed by atoms with van der Waals surface area (Å²) in [7, 11) is 0. The molecule has 0 atom stereocenters. The molecular weight excluding hydrogens is 402 g/mol. The Morgan fingerprint density at radius 2 is 1.96 bits per heavy atom. The van der Waals surface area contributed by atoms with E-state index < -0.39 is 12.0 Å². The number of primary amides is 1. The first-order valence-corrected chi connectivity index (χ1v) is 8.62. The third kappa shape index (κ3) is 5.89. The van der Waals surface area contributed by atoms with E-state index in [1.165, 1.54) is 6.21 Å². The molecule has 0 bridgehead atoms. The highest BCUT2D eigenvalue weighted by atomic mass is 79.9. The lowest BCUT2D eigenvalue weighted by Gasteiger charge is -2.09. The summed E-state index contributed by atoms with van der Waals surface area (Å²) in [5, 5.41) is 3.68. The van der Waals surface area contributed by atoms with E-state index in [1.54, 1.807) is 42.5 Å². The van der Waals surface area contributed by atoms with E-state index in [1.807, 2.05) is 6.92 Å². The van der Waals surface area contributed by atoms with Crippen molar-refractivity contribution < 1.29 is 19.1 Å². The van der Waals surface area contributed by atoms with Crippen molar-refractivity contribution >= 4 is 34.1 Å². The van der Waals surface area contributed by atoms with Crippen LogP contribution >= 0.6 is 15.9 Å². The van der Waals surface area contributed by atoms with E-state index in [9.17, 15) is 9.59 Å². The van der Waals surface area contributed by atoms with E-state index in [2.05, 4.69) is 26.5 Å². The van der Waals surface area contributed by atoms with Crippen molar-refractivity contribution in [3.05, 3.63) is 58.1 Å². The summed E-state index contributed by atoms with van der Waals surface area (Å²) in [6.45, 7) is 2.63. The number of halogens is 1. The molecule has 26 heavy (non-hydrogen) atoms. The average Bonchev–Trinajstić information content (AvgIpc) is 2.62. The van der Waals surface area contributed by atoms with Gasteiger partial charge in [0.15, 0.2) is 0 Å². The normalized spacial score (nSPS) is 10.5. The lowest BCUT2D eigenvalue weighted by molar-refractivity contribution is 0.0734. The number of rotatable bonds is 7. The number of hydrazone groups is 1. The first kappa shape index (κ1) is 19.5. The van der Waals surface area contributed by atoms with Crippen molar-refractivity contribution in [1.82, 2.24) is 5.43 Å². The molecule has 0 saturated carbocycles. The predicted octanol–water partition coefficient (Wildman–Crippen LogP) is 3.46. The van der Waals surface area contributed by atoms with Crippen molar-refractivity contribution in [2.24, 2.45) is 10.8 Å². The van der Waals surface area contributed by atoms with Crippen molar-refractivity contribution in [3.8, 4) is 11.5 Å². The molecule has 0 heterocycles. The fourth-order valence-electron chi connectivity index (χ4n) is 1.94. The highest BCUT2D eigenvalue weighted by molar-refractivity contribution is 9.10. The van der Waals surface area contributed by atoms with Gasteiger partial charge in [0, 0.05) is 10.0 Å². The van der Waals surface area contributed by atoms with Gasteiger partial charge in [0.05, 0.1) is 18.4 Å². The van der Waals surface area contributed by atoms with Gasteiger partial charge in [0.25, 0.3) is 0 Å². The number of ether oxygens (including phenoxy) is 2. The molecule has 0 aliphatic rings. The van der Waals surface area contributed by atoms with E-state index in [0.29, 0.717) is 29.2 Å². The maximum absolute atomic E-state index is 12.3. The summed E-state index contributed by atoms with van der Waals surface area (Å²) in [5.74, 6) is 0.462. The third-order valence-electron chi connectivity index (χ3n) is 3.12. The molecule has 8 heteroatoms. The van der Waals surface area contributed by atoms with Crippen LogP contribution in [0.2, 0.25) is 0 Å². The first-order valence-electron chi connectivity index (χ1n) is 7.82. The van der Waals surface area contributed by atoms with Crippen molar-refractivity contribution in [3.63, 3.8) is 0 Å². The predicted molar refractivity (Wildman–Crippen MR) is 102 cm³/mol. The minimum atomic E-state index is -0.792. The van der Waals surface area contributed by atoms with Gasteiger partial charge in [-0.3, -0.25) is 0 Å². The highest BCUT2D eigenvalue weighted by Crippen LogP contribution is 2.23. The van der Waals surface area contributed by atoms with Crippen LogP contribution in [-0.4, -0.2) is 24.8 Å². The third-order valence-corrected chi connectivity index (χ3v) is 3.61.